The third kappa shape index (κ3) is 5.17. The fourth-order valence-electron chi connectivity index (χ4n) is 2.72. The Morgan fingerprint density at radius 1 is 0.929 bits per heavy atom. The standard InChI is InChI=1S/C22H21N3O3/c1-28-19-11-9-18(10-12-19)24-21(26)13-14-22(27)25-23-15-17-7-4-6-16-5-2-3-8-20(16)17/h2-12,15H,13-14H2,1H3,(H,24,26)(H,25,27). The van der Waals surface area contributed by atoms with Gasteiger partial charge in [0.2, 0.25) is 11.8 Å². The average molecular weight is 375 g/mol. The van der Waals surface area contributed by atoms with Gasteiger partial charge in [0.25, 0.3) is 0 Å². The minimum absolute atomic E-state index is 0.0505. The molecule has 28 heavy (non-hydrogen) atoms. The summed E-state index contributed by atoms with van der Waals surface area (Å²) in [6, 6.07) is 20.8. The number of nitrogens with zero attached hydrogens (tertiary/aromatic N) is 1. The Balaban J connectivity index is 1.47. The van der Waals surface area contributed by atoms with Gasteiger partial charge in [-0.2, -0.15) is 5.10 Å². The van der Waals surface area contributed by atoms with Crippen LogP contribution in [-0.4, -0.2) is 25.1 Å². The summed E-state index contributed by atoms with van der Waals surface area (Å²) in [6.45, 7) is 0. The third-order valence-corrected chi connectivity index (χ3v) is 4.17. The highest BCUT2D eigenvalue weighted by Gasteiger charge is 2.07. The average Bonchev–Trinajstić information content (AvgIpc) is 2.73. The molecule has 0 unspecified atom stereocenters. The molecule has 2 amide bonds. The van der Waals surface area contributed by atoms with Crippen LogP contribution >= 0.6 is 0 Å². The molecule has 0 spiro atoms. The molecule has 3 aromatic carbocycles. The van der Waals surface area contributed by atoms with Gasteiger partial charge in [-0.1, -0.05) is 42.5 Å². The van der Waals surface area contributed by atoms with E-state index in [0.717, 1.165) is 16.3 Å². The van der Waals surface area contributed by atoms with Crippen LogP contribution in [0.25, 0.3) is 10.8 Å². The number of anilines is 1. The van der Waals surface area contributed by atoms with E-state index in [1.165, 1.54) is 0 Å². The van der Waals surface area contributed by atoms with Crippen LogP contribution in [0.2, 0.25) is 0 Å². The number of amides is 2. The molecule has 142 valence electrons. The Hall–Kier alpha value is -3.67. The van der Waals surface area contributed by atoms with E-state index in [4.69, 9.17) is 4.74 Å². The van der Waals surface area contributed by atoms with E-state index in [9.17, 15) is 9.59 Å². The molecule has 0 aliphatic carbocycles. The van der Waals surface area contributed by atoms with Crippen molar-refractivity contribution < 1.29 is 14.3 Å². The second-order valence-electron chi connectivity index (χ2n) is 6.14. The van der Waals surface area contributed by atoms with E-state index in [1.807, 2.05) is 42.5 Å². The van der Waals surface area contributed by atoms with Gasteiger partial charge in [-0.3, -0.25) is 9.59 Å². The highest BCUT2D eigenvalue weighted by atomic mass is 16.5. The molecule has 0 atom stereocenters. The summed E-state index contributed by atoms with van der Waals surface area (Å²) in [4.78, 5) is 23.9. The molecule has 3 rings (SSSR count). The number of hydrogen-bond donors (Lipinski definition) is 2. The van der Waals surface area contributed by atoms with Gasteiger partial charge < -0.3 is 10.1 Å². The Bertz CT molecular complexity index is 992. The van der Waals surface area contributed by atoms with Crippen molar-refractivity contribution in [3.8, 4) is 5.75 Å². The molecule has 0 aliphatic rings. The van der Waals surface area contributed by atoms with Crippen LogP contribution in [0.5, 0.6) is 5.75 Å². The largest absolute Gasteiger partial charge is 0.497 e. The summed E-state index contributed by atoms with van der Waals surface area (Å²) in [5.74, 6) is 0.154. The smallest absolute Gasteiger partial charge is 0.240 e. The number of ether oxygens (including phenoxy) is 1. The molecule has 0 fully saturated rings. The number of fused-ring (bicyclic) bond motifs is 1. The predicted molar refractivity (Wildman–Crippen MR) is 111 cm³/mol. The molecule has 0 saturated carbocycles. The first-order valence-corrected chi connectivity index (χ1v) is 8.89. The van der Waals surface area contributed by atoms with Crippen LogP contribution in [-0.2, 0) is 9.59 Å². The van der Waals surface area contributed by atoms with Gasteiger partial charge in [-0.15, -0.1) is 0 Å². The molecule has 3 aromatic rings. The Labute approximate surface area is 163 Å². The van der Waals surface area contributed by atoms with E-state index in [2.05, 4.69) is 15.8 Å². The Morgan fingerprint density at radius 2 is 1.64 bits per heavy atom. The van der Waals surface area contributed by atoms with Gasteiger partial charge in [0.1, 0.15) is 5.75 Å². The van der Waals surface area contributed by atoms with Crippen LogP contribution in [0.4, 0.5) is 5.69 Å². The van der Waals surface area contributed by atoms with E-state index >= 15 is 0 Å². The molecule has 0 aromatic heterocycles. The number of carbonyl (C=O) groups excluding carboxylic acids is 2. The van der Waals surface area contributed by atoms with Gasteiger partial charge >= 0.3 is 0 Å². The van der Waals surface area contributed by atoms with Crippen molar-refractivity contribution in [1.29, 1.82) is 0 Å². The number of benzene rings is 3. The zero-order chi connectivity index (χ0) is 19.8. The molecular weight excluding hydrogens is 354 g/mol. The monoisotopic (exact) mass is 375 g/mol. The zero-order valence-electron chi connectivity index (χ0n) is 15.5. The fraction of sp³-hybridized carbons (Fsp3) is 0.136. The van der Waals surface area contributed by atoms with Crippen molar-refractivity contribution in [3.05, 3.63) is 72.3 Å². The first-order chi connectivity index (χ1) is 13.7. The van der Waals surface area contributed by atoms with Crippen LogP contribution in [0, 0.1) is 0 Å². The topological polar surface area (TPSA) is 79.8 Å². The van der Waals surface area contributed by atoms with Gasteiger partial charge in [0, 0.05) is 24.1 Å². The van der Waals surface area contributed by atoms with E-state index in [-0.39, 0.29) is 24.7 Å². The quantitative estimate of drug-likeness (QED) is 0.488. The van der Waals surface area contributed by atoms with Crippen LogP contribution in [0.1, 0.15) is 18.4 Å². The molecular formula is C22H21N3O3. The van der Waals surface area contributed by atoms with Gasteiger partial charge in [0.15, 0.2) is 0 Å². The SMILES string of the molecule is COc1ccc(NC(=O)CCC(=O)NN=Cc2cccc3ccccc23)cc1. The third-order valence-electron chi connectivity index (χ3n) is 4.17. The van der Waals surface area contributed by atoms with Gasteiger partial charge in [-0.25, -0.2) is 5.43 Å². The van der Waals surface area contributed by atoms with Crippen molar-refractivity contribution in [1.82, 2.24) is 5.43 Å². The lowest BCUT2D eigenvalue weighted by Crippen LogP contribution is -2.20. The number of hydrogen-bond acceptors (Lipinski definition) is 4. The maximum absolute atomic E-state index is 12.0. The minimum atomic E-state index is -0.318. The second kappa shape index (κ2) is 9.32. The lowest BCUT2D eigenvalue weighted by Gasteiger charge is -2.06. The fourth-order valence-corrected chi connectivity index (χ4v) is 2.72. The Kier molecular flexibility index (Phi) is 6.36. The molecule has 6 heteroatoms. The lowest BCUT2D eigenvalue weighted by atomic mass is 10.1. The molecule has 0 saturated heterocycles. The van der Waals surface area contributed by atoms with Crippen molar-refractivity contribution in [2.24, 2.45) is 5.10 Å². The van der Waals surface area contributed by atoms with Crippen molar-refractivity contribution in [2.45, 2.75) is 12.8 Å². The van der Waals surface area contributed by atoms with E-state index < -0.39 is 0 Å². The molecule has 0 heterocycles. The maximum atomic E-state index is 12.0. The summed E-state index contributed by atoms with van der Waals surface area (Å²) in [7, 11) is 1.58. The van der Waals surface area contributed by atoms with E-state index in [0.29, 0.717) is 11.4 Å². The van der Waals surface area contributed by atoms with Crippen molar-refractivity contribution in [2.75, 3.05) is 12.4 Å². The number of rotatable bonds is 7. The molecule has 6 nitrogen and oxygen atoms in total. The van der Waals surface area contributed by atoms with Gasteiger partial charge in [-0.05, 0) is 35.0 Å². The van der Waals surface area contributed by atoms with Crippen LogP contribution < -0.4 is 15.5 Å². The zero-order valence-corrected chi connectivity index (χ0v) is 15.5. The van der Waals surface area contributed by atoms with Gasteiger partial charge in [0.05, 0.1) is 13.3 Å². The lowest BCUT2D eigenvalue weighted by molar-refractivity contribution is -0.124. The van der Waals surface area contributed by atoms with Crippen LogP contribution in [0.15, 0.2) is 71.8 Å². The first kappa shape index (κ1) is 19.1. The molecule has 0 bridgehead atoms. The molecule has 0 radical (unpaired) electrons. The number of nitrogens with one attached hydrogen (secondary N) is 2. The summed E-state index contributed by atoms with van der Waals surface area (Å²) in [5, 5.41) is 8.90. The predicted octanol–water partition coefficient (Wildman–Crippen LogP) is 3.72. The highest BCUT2D eigenvalue weighted by Crippen LogP contribution is 2.17. The van der Waals surface area contributed by atoms with Crippen molar-refractivity contribution >= 4 is 34.5 Å². The Morgan fingerprint density at radius 3 is 2.43 bits per heavy atom. The highest BCUT2D eigenvalue weighted by molar-refractivity contribution is 6.00. The number of methoxy groups -OCH3 is 1. The number of carbonyl (C=O) groups is 2. The summed E-state index contributed by atoms with van der Waals surface area (Å²) >= 11 is 0. The normalized spacial score (nSPS) is 10.8. The molecule has 2 N–H and O–H groups in total. The maximum Gasteiger partial charge on any atom is 0.240 e. The first-order valence-electron chi connectivity index (χ1n) is 8.89. The number of hydrazone groups is 1. The summed E-state index contributed by atoms with van der Waals surface area (Å²) in [5.41, 5.74) is 4.03. The van der Waals surface area contributed by atoms with Crippen LogP contribution in [0.3, 0.4) is 0 Å². The van der Waals surface area contributed by atoms with E-state index in [1.54, 1.807) is 37.6 Å². The van der Waals surface area contributed by atoms with Crippen molar-refractivity contribution in [3.63, 3.8) is 0 Å². The minimum Gasteiger partial charge on any atom is -0.497 e. The molecule has 0 aliphatic heterocycles. The second-order valence-corrected chi connectivity index (χ2v) is 6.14. The summed E-state index contributed by atoms with van der Waals surface area (Å²) in [6.07, 6.45) is 1.73. The summed E-state index contributed by atoms with van der Waals surface area (Å²) < 4.78 is 5.07.